The molecule has 1 saturated carbocycles. The van der Waals surface area contributed by atoms with E-state index >= 15 is 0 Å². The highest BCUT2D eigenvalue weighted by Crippen LogP contribution is 2.39. The Morgan fingerprint density at radius 1 is 1.30 bits per heavy atom. The van der Waals surface area contributed by atoms with Crippen molar-refractivity contribution in [1.29, 1.82) is 0 Å². The van der Waals surface area contributed by atoms with Gasteiger partial charge in [0.1, 0.15) is 5.82 Å². The van der Waals surface area contributed by atoms with Crippen LogP contribution < -0.4 is 5.32 Å². The Bertz CT molecular complexity index is 775. The Hall–Kier alpha value is -1.47. The summed E-state index contributed by atoms with van der Waals surface area (Å²) in [5.74, 6) is -0.0230. The van der Waals surface area contributed by atoms with Crippen LogP contribution in [0.2, 0.25) is 0 Å². The highest BCUT2D eigenvalue weighted by molar-refractivity contribution is 7.91. The van der Waals surface area contributed by atoms with E-state index in [2.05, 4.69) is 5.32 Å². The van der Waals surface area contributed by atoms with E-state index in [1.165, 1.54) is 12.5 Å². The molecule has 27 heavy (non-hydrogen) atoms. The molecule has 1 unspecified atom stereocenters. The minimum absolute atomic E-state index is 0.0902. The second-order valence-corrected chi connectivity index (χ2v) is 10.3. The molecule has 150 valence electrons. The third kappa shape index (κ3) is 5.08. The van der Waals surface area contributed by atoms with E-state index in [0.29, 0.717) is 13.0 Å². The lowest BCUT2D eigenvalue weighted by molar-refractivity contribution is -0.122. The summed E-state index contributed by atoms with van der Waals surface area (Å²) in [6.07, 6.45) is 5.78. The van der Waals surface area contributed by atoms with E-state index < -0.39 is 9.84 Å². The molecule has 1 aromatic carbocycles. The SMILES string of the molecule is CN(CC(=O)NCC1(c2cccc(F)c2)CCCCC1)C1CCS(=O)(=O)C1. The average molecular weight is 397 g/mol. The average Bonchev–Trinajstić information content (AvgIpc) is 3.01. The number of hydrogen-bond donors (Lipinski definition) is 1. The number of benzene rings is 1. The highest BCUT2D eigenvalue weighted by Gasteiger charge is 2.35. The molecule has 1 heterocycles. The van der Waals surface area contributed by atoms with Gasteiger partial charge in [0.2, 0.25) is 5.91 Å². The van der Waals surface area contributed by atoms with Crippen molar-refractivity contribution < 1.29 is 17.6 Å². The lowest BCUT2D eigenvalue weighted by atomic mass is 9.69. The van der Waals surface area contributed by atoms with Crippen LogP contribution in [0.3, 0.4) is 0 Å². The van der Waals surface area contributed by atoms with E-state index in [1.807, 2.05) is 11.0 Å². The number of carbonyl (C=O) groups is 1. The van der Waals surface area contributed by atoms with E-state index in [4.69, 9.17) is 0 Å². The molecular weight excluding hydrogens is 367 g/mol. The molecule has 7 heteroatoms. The number of nitrogens with one attached hydrogen (secondary N) is 1. The maximum absolute atomic E-state index is 13.8. The zero-order valence-electron chi connectivity index (χ0n) is 15.9. The quantitative estimate of drug-likeness (QED) is 0.801. The van der Waals surface area contributed by atoms with E-state index in [0.717, 1.165) is 31.2 Å². The van der Waals surface area contributed by atoms with Gasteiger partial charge in [-0.3, -0.25) is 9.69 Å². The number of carbonyl (C=O) groups excluding carboxylic acids is 1. The van der Waals surface area contributed by atoms with Gasteiger partial charge in [-0.15, -0.1) is 0 Å². The molecule has 0 aromatic heterocycles. The van der Waals surface area contributed by atoms with E-state index in [1.54, 1.807) is 19.2 Å². The first-order valence-electron chi connectivity index (χ1n) is 9.73. The van der Waals surface area contributed by atoms with Gasteiger partial charge in [0, 0.05) is 18.0 Å². The van der Waals surface area contributed by atoms with Crippen LogP contribution >= 0.6 is 0 Å². The molecule has 2 fully saturated rings. The Balaban J connectivity index is 1.61. The number of rotatable bonds is 6. The van der Waals surface area contributed by atoms with Crippen LogP contribution in [0.1, 0.15) is 44.1 Å². The van der Waals surface area contributed by atoms with Crippen molar-refractivity contribution in [3.05, 3.63) is 35.6 Å². The van der Waals surface area contributed by atoms with Gasteiger partial charge in [-0.2, -0.15) is 0 Å². The van der Waals surface area contributed by atoms with Gasteiger partial charge >= 0.3 is 0 Å². The van der Waals surface area contributed by atoms with E-state index in [-0.39, 0.29) is 41.2 Å². The number of likely N-dealkylation sites (N-methyl/N-ethyl adjacent to an activating group) is 1. The molecule has 0 spiro atoms. The predicted molar refractivity (Wildman–Crippen MR) is 104 cm³/mol. The second kappa shape index (κ2) is 8.27. The predicted octanol–water partition coefficient (Wildman–Crippen LogP) is 2.26. The summed E-state index contributed by atoms with van der Waals surface area (Å²) in [4.78, 5) is 14.3. The molecule has 3 rings (SSSR count). The highest BCUT2D eigenvalue weighted by atomic mass is 32.2. The van der Waals surface area contributed by atoms with Crippen LogP contribution in [0.5, 0.6) is 0 Å². The van der Waals surface area contributed by atoms with Gasteiger partial charge in [0.25, 0.3) is 0 Å². The molecule has 1 amide bonds. The summed E-state index contributed by atoms with van der Waals surface area (Å²) in [7, 11) is -1.16. The first-order chi connectivity index (χ1) is 12.8. The van der Waals surface area contributed by atoms with Crippen molar-refractivity contribution in [3.8, 4) is 0 Å². The molecule has 1 saturated heterocycles. The zero-order chi connectivity index (χ0) is 19.5. The second-order valence-electron chi connectivity index (χ2n) is 8.10. The molecule has 1 aliphatic carbocycles. The number of hydrogen-bond acceptors (Lipinski definition) is 4. The molecule has 0 radical (unpaired) electrons. The molecule has 1 N–H and O–H groups in total. The monoisotopic (exact) mass is 396 g/mol. The van der Waals surface area contributed by atoms with Crippen LogP contribution in [0, 0.1) is 5.82 Å². The summed E-state index contributed by atoms with van der Waals surface area (Å²) in [6, 6.07) is 6.64. The van der Waals surface area contributed by atoms with Gasteiger partial charge in [0.15, 0.2) is 9.84 Å². The minimum atomic E-state index is -2.96. The van der Waals surface area contributed by atoms with Crippen LogP contribution in [-0.4, -0.2) is 56.9 Å². The normalized spacial score (nSPS) is 24.0. The maximum Gasteiger partial charge on any atom is 0.234 e. The number of sulfone groups is 1. The summed E-state index contributed by atoms with van der Waals surface area (Å²) in [5.41, 5.74) is 0.739. The van der Waals surface area contributed by atoms with Crippen molar-refractivity contribution in [2.24, 2.45) is 0 Å². The standard InChI is InChI=1S/C20H29FN2O3S/c1-23(18-8-11-27(25,26)14-18)13-19(24)22-15-20(9-3-2-4-10-20)16-6-5-7-17(21)12-16/h5-7,12,18H,2-4,8-11,13-15H2,1H3,(H,22,24). The fraction of sp³-hybridized carbons (Fsp3) is 0.650. The van der Waals surface area contributed by atoms with Gasteiger partial charge < -0.3 is 5.32 Å². The third-order valence-electron chi connectivity index (χ3n) is 6.10. The first-order valence-corrected chi connectivity index (χ1v) is 11.6. The molecular formula is C20H29FN2O3S. The van der Waals surface area contributed by atoms with Crippen molar-refractivity contribution >= 4 is 15.7 Å². The van der Waals surface area contributed by atoms with Crippen molar-refractivity contribution in [2.75, 3.05) is 31.6 Å². The number of amides is 1. The van der Waals surface area contributed by atoms with Crippen molar-refractivity contribution in [3.63, 3.8) is 0 Å². The van der Waals surface area contributed by atoms with Crippen molar-refractivity contribution in [1.82, 2.24) is 10.2 Å². The van der Waals surface area contributed by atoms with Crippen molar-refractivity contribution in [2.45, 2.75) is 50.0 Å². The number of halogens is 1. The Morgan fingerprint density at radius 3 is 2.67 bits per heavy atom. The van der Waals surface area contributed by atoms with Gasteiger partial charge in [-0.1, -0.05) is 31.4 Å². The Morgan fingerprint density at radius 2 is 2.04 bits per heavy atom. The number of nitrogens with zero attached hydrogens (tertiary/aromatic N) is 1. The minimum Gasteiger partial charge on any atom is -0.354 e. The summed E-state index contributed by atoms with van der Waals surface area (Å²) >= 11 is 0. The fourth-order valence-corrected chi connectivity index (χ4v) is 6.22. The maximum atomic E-state index is 13.8. The van der Waals surface area contributed by atoms with Gasteiger partial charge in [0.05, 0.1) is 18.1 Å². The Labute approximate surface area is 161 Å². The van der Waals surface area contributed by atoms with Crippen LogP contribution in [0.25, 0.3) is 0 Å². The van der Waals surface area contributed by atoms with Gasteiger partial charge in [-0.25, -0.2) is 12.8 Å². The van der Waals surface area contributed by atoms with Crippen LogP contribution in [0.4, 0.5) is 4.39 Å². The van der Waals surface area contributed by atoms with Crippen LogP contribution in [-0.2, 0) is 20.0 Å². The lowest BCUT2D eigenvalue weighted by Crippen LogP contribution is -2.46. The topological polar surface area (TPSA) is 66.5 Å². The first kappa shape index (κ1) is 20.3. The Kier molecular flexibility index (Phi) is 6.21. The lowest BCUT2D eigenvalue weighted by Gasteiger charge is -2.38. The summed E-state index contributed by atoms with van der Waals surface area (Å²) in [5, 5.41) is 3.03. The van der Waals surface area contributed by atoms with Crippen LogP contribution in [0.15, 0.2) is 24.3 Å². The molecule has 0 bridgehead atoms. The molecule has 1 aromatic rings. The fourth-order valence-electron chi connectivity index (χ4n) is 4.42. The third-order valence-corrected chi connectivity index (χ3v) is 7.85. The smallest absolute Gasteiger partial charge is 0.234 e. The molecule has 5 nitrogen and oxygen atoms in total. The summed E-state index contributed by atoms with van der Waals surface area (Å²) in [6.45, 7) is 0.672. The zero-order valence-corrected chi connectivity index (χ0v) is 16.7. The summed E-state index contributed by atoms with van der Waals surface area (Å²) < 4.78 is 37.0. The largest absolute Gasteiger partial charge is 0.354 e. The molecule has 2 aliphatic rings. The van der Waals surface area contributed by atoms with Gasteiger partial charge in [-0.05, 0) is 44.0 Å². The molecule has 1 atom stereocenters. The molecule has 1 aliphatic heterocycles. The van der Waals surface area contributed by atoms with E-state index in [9.17, 15) is 17.6 Å².